The molecule has 1 saturated heterocycles. The lowest BCUT2D eigenvalue weighted by molar-refractivity contribution is 0.0931. The number of urea groups is 1. The molecule has 2 aromatic rings. The summed E-state index contributed by atoms with van der Waals surface area (Å²) in [5.41, 5.74) is 2.60. The van der Waals surface area contributed by atoms with Crippen LogP contribution in [0.5, 0.6) is 0 Å². The van der Waals surface area contributed by atoms with Crippen molar-refractivity contribution in [2.24, 2.45) is 0 Å². The molecule has 31 heavy (non-hydrogen) atoms. The number of likely N-dealkylation sites (tertiary alicyclic amines) is 1. The Morgan fingerprint density at radius 1 is 1.13 bits per heavy atom. The average Bonchev–Trinajstić information content (AvgIpc) is 3.36. The van der Waals surface area contributed by atoms with E-state index in [0.29, 0.717) is 12.0 Å². The highest BCUT2D eigenvalue weighted by atomic mass is 32.1. The second kappa shape index (κ2) is 8.17. The predicted molar refractivity (Wildman–Crippen MR) is 125 cm³/mol. The first kappa shape index (κ1) is 20.9. The maximum atomic E-state index is 12.8. The molecule has 2 fully saturated rings. The van der Waals surface area contributed by atoms with Gasteiger partial charge in [0.2, 0.25) is 0 Å². The number of carbonyl (C=O) groups is 1. The van der Waals surface area contributed by atoms with Gasteiger partial charge in [0.1, 0.15) is 10.8 Å². The molecule has 2 aliphatic heterocycles. The van der Waals surface area contributed by atoms with E-state index in [2.05, 4.69) is 38.5 Å². The minimum absolute atomic E-state index is 0.0944. The lowest BCUT2D eigenvalue weighted by atomic mass is 9.73. The highest BCUT2D eigenvalue weighted by Gasteiger charge is 2.47. The first-order chi connectivity index (χ1) is 15.0. The minimum Gasteiger partial charge on any atom is -0.330 e. The van der Waals surface area contributed by atoms with Crippen LogP contribution in [-0.2, 0) is 5.41 Å². The zero-order valence-corrected chi connectivity index (χ0v) is 19.7. The molecule has 0 N–H and O–H groups in total. The fraction of sp³-hybridized carbons (Fsp3) is 0.625. The van der Waals surface area contributed by atoms with Gasteiger partial charge in [-0.3, -0.25) is 4.90 Å². The standard InChI is InChI=1S/C24H33N5OS/c1-17-25-22(31-26-17)18-8-10-19(11-9-18)28-14-12-24(13-15-28)16-29(23(30)27(2)3)21-7-5-4-6-20(21)24/h4-7,18-19H,8-16H2,1-3H3. The van der Waals surface area contributed by atoms with Crippen molar-refractivity contribution in [1.82, 2.24) is 19.2 Å². The number of fused-ring (bicyclic) bond motifs is 2. The number of aromatic nitrogens is 2. The van der Waals surface area contributed by atoms with Gasteiger partial charge in [0.05, 0.1) is 0 Å². The SMILES string of the molecule is Cc1nsc(C2CCC(N3CCC4(CC3)CN(C(=O)N(C)C)c3ccccc34)CC2)n1. The van der Waals surface area contributed by atoms with E-state index in [0.717, 1.165) is 44.0 Å². The lowest BCUT2D eigenvalue weighted by Crippen LogP contribution is -2.50. The summed E-state index contributed by atoms with van der Waals surface area (Å²) in [6, 6.07) is 9.35. The molecule has 7 heteroatoms. The van der Waals surface area contributed by atoms with Gasteiger partial charge in [0.15, 0.2) is 0 Å². The molecule has 3 heterocycles. The Morgan fingerprint density at radius 3 is 2.48 bits per heavy atom. The highest BCUT2D eigenvalue weighted by Crippen LogP contribution is 2.48. The molecular formula is C24H33N5OS. The number of piperidine rings is 1. The quantitative estimate of drug-likeness (QED) is 0.696. The van der Waals surface area contributed by atoms with Gasteiger partial charge in [-0.25, -0.2) is 9.78 Å². The highest BCUT2D eigenvalue weighted by molar-refractivity contribution is 7.05. The minimum atomic E-state index is 0.0944. The van der Waals surface area contributed by atoms with Gasteiger partial charge >= 0.3 is 6.03 Å². The van der Waals surface area contributed by atoms with Crippen LogP contribution >= 0.6 is 11.5 Å². The molecule has 1 spiro atoms. The summed E-state index contributed by atoms with van der Waals surface area (Å²) in [6.07, 6.45) is 7.26. The maximum Gasteiger partial charge on any atom is 0.323 e. The van der Waals surface area contributed by atoms with E-state index < -0.39 is 0 Å². The van der Waals surface area contributed by atoms with Crippen molar-refractivity contribution in [3.8, 4) is 0 Å². The molecule has 1 aromatic carbocycles. The summed E-state index contributed by atoms with van der Waals surface area (Å²) >= 11 is 1.59. The predicted octanol–water partition coefficient (Wildman–Crippen LogP) is 4.41. The number of rotatable bonds is 2. The van der Waals surface area contributed by atoms with Crippen LogP contribution in [0, 0.1) is 6.92 Å². The summed E-state index contributed by atoms with van der Waals surface area (Å²) in [5.74, 6) is 1.52. The van der Waals surface area contributed by atoms with Gasteiger partial charge in [-0.15, -0.1) is 0 Å². The molecule has 0 radical (unpaired) electrons. The van der Waals surface area contributed by atoms with Gasteiger partial charge in [0, 0.05) is 43.7 Å². The summed E-state index contributed by atoms with van der Waals surface area (Å²) in [7, 11) is 3.69. The number of benzene rings is 1. The number of anilines is 1. The van der Waals surface area contributed by atoms with Crippen LogP contribution in [-0.4, -0.2) is 65.0 Å². The van der Waals surface area contributed by atoms with Crippen molar-refractivity contribution in [3.63, 3.8) is 0 Å². The van der Waals surface area contributed by atoms with Gasteiger partial charge in [0.25, 0.3) is 0 Å². The number of aryl methyl sites for hydroxylation is 1. The van der Waals surface area contributed by atoms with E-state index in [9.17, 15) is 4.79 Å². The molecule has 166 valence electrons. The fourth-order valence-electron chi connectivity index (χ4n) is 5.95. The number of hydrogen-bond acceptors (Lipinski definition) is 5. The van der Waals surface area contributed by atoms with Crippen molar-refractivity contribution in [1.29, 1.82) is 0 Å². The molecule has 0 unspecified atom stereocenters. The van der Waals surface area contributed by atoms with Crippen LogP contribution in [0.15, 0.2) is 24.3 Å². The van der Waals surface area contributed by atoms with Crippen LogP contribution in [0.4, 0.5) is 10.5 Å². The van der Waals surface area contributed by atoms with Crippen LogP contribution in [0.1, 0.15) is 60.8 Å². The topological polar surface area (TPSA) is 52.6 Å². The summed E-state index contributed by atoms with van der Waals surface area (Å²) in [4.78, 5) is 23.9. The Balaban J connectivity index is 1.24. The van der Waals surface area contributed by atoms with Crippen molar-refractivity contribution < 1.29 is 4.79 Å². The average molecular weight is 440 g/mol. The largest absolute Gasteiger partial charge is 0.330 e. The smallest absolute Gasteiger partial charge is 0.323 e. The van der Waals surface area contributed by atoms with Crippen LogP contribution in [0.25, 0.3) is 0 Å². The molecule has 1 aliphatic carbocycles. The number of hydrogen-bond donors (Lipinski definition) is 0. The zero-order valence-electron chi connectivity index (χ0n) is 18.9. The molecule has 0 atom stereocenters. The van der Waals surface area contributed by atoms with Crippen molar-refractivity contribution >= 4 is 23.3 Å². The van der Waals surface area contributed by atoms with Gasteiger partial charge in [-0.2, -0.15) is 4.37 Å². The Bertz CT molecular complexity index is 941. The van der Waals surface area contributed by atoms with Gasteiger partial charge in [-0.05, 0) is 81.7 Å². The van der Waals surface area contributed by atoms with Crippen molar-refractivity contribution in [3.05, 3.63) is 40.7 Å². The second-order valence-corrected chi connectivity index (χ2v) is 10.6. The third kappa shape index (κ3) is 3.76. The molecule has 1 aromatic heterocycles. The van der Waals surface area contributed by atoms with Crippen molar-refractivity contribution in [2.45, 2.75) is 62.8 Å². The van der Waals surface area contributed by atoms with E-state index in [-0.39, 0.29) is 11.4 Å². The zero-order chi connectivity index (χ0) is 21.6. The van der Waals surface area contributed by atoms with Crippen LogP contribution < -0.4 is 4.90 Å². The Morgan fingerprint density at radius 2 is 1.84 bits per heavy atom. The van der Waals surface area contributed by atoms with Crippen LogP contribution in [0.2, 0.25) is 0 Å². The monoisotopic (exact) mass is 439 g/mol. The van der Waals surface area contributed by atoms with Crippen molar-refractivity contribution in [2.75, 3.05) is 38.6 Å². The Kier molecular flexibility index (Phi) is 5.51. The van der Waals surface area contributed by atoms with E-state index >= 15 is 0 Å². The fourth-order valence-corrected chi connectivity index (χ4v) is 6.78. The number of carbonyl (C=O) groups excluding carboxylic acids is 1. The third-order valence-corrected chi connectivity index (χ3v) is 8.67. The lowest BCUT2D eigenvalue weighted by Gasteiger charge is -2.44. The Labute approximate surface area is 189 Å². The van der Waals surface area contributed by atoms with Crippen LogP contribution in [0.3, 0.4) is 0 Å². The third-order valence-electron chi connectivity index (χ3n) is 7.70. The normalized spacial score (nSPS) is 25.6. The van der Waals surface area contributed by atoms with E-state index in [1.807, 2.05) is 25.9 Å². The molecule has 3 aliphatic rings. The summed E-state index contributed by atoms with van der Waals surface area (Å²) in [5, 5.41) is 1.24. The van der Waals surface area contributed by atoms with E-state index in [1.54, 1.807) is 16.4 Å². The summed E-state index contributed by atoms with van der Waals surface area (Å²) < 4.78 is 4.38. The molecule has 1 saturated carbocycles. The summed E-state index contributed by atoms with van der Waals surface area (Å²) in [6.45, 7) is 5.07. The molecular weight excluding hydrogens is 406 g/mol. The van der Waals surface area contributed by atoms with Gasteiger partial charge in [-0.1, -0.05) is 18.2 Å². The molecule has 5 rings (SSSR count). The molecule has 2 amide bonds. The number of para-hydroxylation sites is 1. The number of amides is 2. The van der Waals surface area contributed by atoms with E-state index in [4.69, 9.17) is 0 Å². The molecule has 0 bridgehead atoms. The maximum absolute atomic E-state index is 12.8. The first-order valence-corrected chi connectivity index (χ1v) is 12.4. The Hall–Kier alpha value is -1.99. The van der Waals surface area contributed by atoms with E-state index in [1.165, 1.54) is 36.3 Å². The molecule has 6 nitrogen and oxygen atoms in total. The number of nitrogens with zero attached hydrogens (tertiary/aromatic N) is 5. The van der Waals surface area contributed by atoms with Gasteiger partial charge < -0.3 is 9.80 Å². The second-order valence-electron chi connectivity index (χ2n) is 9.78. The first-order valence-electron chi connectivity index (χ1n) is 11.6.